The first kappa shape index (κ1) is 14.1. The van der Waals surface area contributed by atoms with Gasteiger partial charge >= 0.3 is 0 Å². The molecule has 96 valence electrons. The van der Waals surface area contributed by atoms with E-state index in [0.717, 1.165) is 25.2 Å². The molecule has 0 aromatic heterocycles. The van der Waals surface area contributed by atoms with Gasteiger partial charge in [0.15, 0.2) is 0 Å². The number of hydrogen-bond acceptors (Lipinski definition) is 2. The summed E-state index contributed by atoms with van der Waals surface area (Å²) in [6.45, 7) is 8.12. The molecule has 0 fully saturated rings. The highest BCUT2D eigenvalue weighted by atomic mass is 35.5. The number of nitrogen functional groups attached to an aromatic ring is 1. The van der Waals surface area contributed by atoms with E-state index in [4.69, 9.17) is 17.3 Å². The minimum atomic E-state index is -0.465. The molecule has 2 nitrogen and oxygen atoms in total. The van der Waals surface area contributed by atoms with Crippen molar-refractivity contribution >= 4 is 23.0 Å². The van der Waals surface area contributed by atoms with Crippen LogP contribution in [-0.4, -0.2) is 13.1 Å². The Morgan fingerprint density at radius 3 is 2.59 bits per heavy atom. The summed E-state index contributed by atoms with van der Waals surface area (Å²) in [7, 11) is 0. The lowest BCUT2D eigenvalue weighted by Gasteiger charge is -2.27. The zero-order chi connectivity index (χ0) is 13.0. The van der Waals surface area contributed by atoms with E-state index >= 15 is 0 Å². The second-order valence-electron chi connectivity index (χ2n) is 4.38. The van der Waals surface area contributed by atoms with Gasteiger partial charge in [0.05, 0.1) is 16.4 Å². The Labute approximate surface area is 108 Å². The Kier molecular flexibility index (Phi) is 5.06. The summed E-state index contributed by atoms with van der Waals surface area (Å²) in [6, 6.07) is 2.90. The molecule has 0 bridgehead atoms. The SMILES string of the molecule is CCC(C)CN(CC)c1cc(Cl)c(F)cc1N. The number of nitrogens with two attached hydrogens (primary N) is 1. The van der Waals surface area contributed by atoms with Gasteiger partial charge in [0.2, 0.25) is 0 Å². The summed E-state index contributed by atoms with van der Waals surface area (Å²) in [4.78, 5) is 2.13. The van der Waals surface area contributed by atoms with E-state index in [1.54, 1.807) is 6.07 Å². The molecule has 0 aliphatic heterocycles. The quantitative estimate of drug-likeness (QED) is 0.811. The number of halogens is 2. The van der Waals surface area contributed by atoms with E-state index in [9.17, 15) is 4.39 Å². The fourth-order valence-electron chi connectivity index (χ4n) is 1.73. The summed E-state index contributed by atoms with van der Waals surface area (Å²) >= 11 is 5.80. The molecular formula is C13H20ClFN2. The first-order valence-electron chi connectivity index (χ1n) is 5.99. The molecule has 0 saturated carbocycles. The minimum absolute atomic E-state index is 0.122. The first-order chi connectivity index (χ1) is 7.99. The topological polar surface area (TPSA) is 29.3 Å². The van der Waals surface area contributed by atoms with Crippen LogP contribution in [0.2, 0.25) is 5.02 Å². The van der Waals surface area contributed by atoms with Crippen LogP contribution in [0.3, 0.4) is 0 Å². The third kappa shape index (κ3) is 3.50. The van der Waals surface area contributed by atoms with Gasteiger partial charge in [-0.15, -0.1) is 0 Å². The van der Waals surface area contributed by atoms with Gasteiger partial charge < -0.3 is 10.6 Å². The largest absolute Gasteiger partial charge is 0.397 e. The highest BCUT2D eigenvalue weighted by Gasteiger charge is 2.13. The molecule has 0 spiro atoms. The summed E-state index contributed by atoms with van der Waals surface area (Å²) in [5.74, 6) is 0.102. The molecule has 4 heteroatoms. The number of benzene rings is 1. The average molecular weight is 259 g/mol. The Morgan fingerprint density at radius 2 is 2.06 bits per heavy atom. The predicted octanol–water partition coefficient (Wildman–Crippen LogP) is 3.93. The van der Waals surface area contributed by atoms with Crippen LogP contribution >= 0.6 is 11.6 Å². The van der Waals surface area contributed by atoms with E-state index in [-0.39, 0.29) is 5.02 Å². The van der Waals surface area contributed by atoms with Gasteiger partial charge in [-0.1, -0.05) is 31.9 Å². The third-order valence-corrected chi connectivity index (χ3v) is 3.31. The van der Waals surface area contributed by atoms with E-state index in [1.165, 1.54) is 6.07 Å². The molecule has 0 saturated heterocycles. The number of hydrogen-bond donors (Lipinski definition) is 1. The molecule has 0 heterocycles. The lowest BCUT2D eigenvalue weighted by molar-refractivity contribution is 0.548. The standard InChI is InChI=1S/C13H20ClFN2/c1-4-9(3)8-17(5-2)13-6-10(14)11(15)7-12(13)16/h6-7,9H,4-5,8,16H2,1-3H3. The second kappa shape index (κ2) is 6.10. The Balaban J connectivity index is 2.99. The zero-order valence-corrected chi connectivity index (χ0v) is 11.4. The van der Waals surface area contributed by atoms with Crippen molar-refractivity contribution in [2.24, 2.45) is 5.92 Å². The van der Waals surface area contributed by atoms with E-state index < -0.39 is 5.82 Å². The van der Waals surface area contributed by atoms with Gasteiger partial charge in [-0.05, 0) is 18.9 Å². The van der Waals surface area contributed by atoms with Crippen molar-refractivity contribution in [1.82, 2.24) is 0 Å². The Hall–Kier alpha value is -0.960. The van der Waals surface area contributed by atoms with E-state index in [1.807, 2.05) is 0 Å². The molecule has 1 atom stereocenters. The third-order valence-electron chi connectivity index (χ3n) is 3.02. The van der Waals surface area contributed by atoms with Crippen molar-refractivity contribution in [3.8, 4) is 0 Å². The summed E-state index contributed by atoms with van der Waals surface area (Å²) in [6.07, 6.45) is 1.10. The summed E-state index contributed by atoms with van der Waals surface area (Å²) < 4.78 is 13.2. The van der Waals surface area contributed by atoms with Crippen LogP contribution in [0, 0.1) is 11.7 Å². The predicted molar refractivity (Wildman–Crippen MR) is 73.2 cm³/mol. The number of anilines is 2. The van der Waals surface area contributed by atoms with Crippen LogP contribution < -0.4 is 10.6 Å². The van der Waals surface area contributed by atoms with Gasteiger partial charge in [0, 0.05) is 19.2 Å². The van der Waals surface area contributed by atoms with Crippen molar-refractivity contribution in [3.63, 3.8) is 0 Å². The molecule has 0 aliphatic rings. The Bertz CT molecular complexity index is 382. The fourth-order valence-corrected chi connectivity index (χ4v) is 1.89. The lowest BCUT2D eigenvalue weighted by Crippen LogP contribution is -2.28. The highest BCUT2D eigenvalue weighted by molar-refractivity contribution is 6.31. The first-order valence-corrected chi connectivity index (χ1v) is 6.36. The summed E-state index contributed by atoms with van der Waals surface area (Å²) in [5.41, 5.74) is 7.10. The number of rotatable bonds is 5. The molecule has 1 unspecified atom stereocenters. The van der Waals surface area contributed by atoms with Crippen LogP contribution in [0.15, 0.2) is 12.1 Å². The van der Waals surface area contributed by atoms with Crippen LogP contribution in [0.25, 0.3) is 0 Å². The molecule has 0 amide bonds. The zero-order valence-electron chi connectivity index (χ0n) is 10.6. The maximum absolute atomic E-state index is 13.2. The van der Waals surface area contributed by atoms with Gasteiger partial charge in [-0.25, -0.2) is 4.39 Å². The monoisotopic (exact) mass is 258 g/mol. The highest BCUT2D eigenvalue weighted by Crippen LogP contribution is 2.30. The van der Waals surface area contributed by atoms with E-state index in [2.05, 4.69) is 25.7 Å². The molecule has 17 heavy (non-hydrogen) atoms. The Morgan fingerprint density at radius 1 is 1.41 bits per heavy atom. The molecule has 1 aromatic carbocycles. The average Bonchev–Trinajstić information content (AvgIpc) is 2.30. The van der Waals surface area contributed by atoms with Crippen molar-refractivity contribution in [3.05, 3.63) is 23.0 Å². The van der Waals surface area contributed by atoms with Crippen molar-refractivity contribution in [2.75, 3.05) is 23.7 Å². The molecule has 0 radical (unpaired) electrons. The molecule has 2 N–H and O–H groups in total. The van der Waals surface area contributed by atoms with Gasteiger partial charge in [-0.3, -0.25) is 0 Å². The van der Waals surface area contributed by atoms with Gasteiger partial charge in [0.1, 0.15) is 5.82 Å². The van der Waals surface area contributed by atoms with Crippen LogP contribution in [-0.2, 0) is 0 Å². The molecule has 1 rings (SSSR count). The molecular weight excluding hydrogens is 239 g/mol. The van der Waals surface area contributed by atoms with Crippen LogP contribution in [0.4, 0.5) is 15.8 Å². The van der Waals surface area contributed by atoms with Crippen LogP contribution in [0.1, 0.15) is 27.2 Å². The second-order valence-corrected chi connectivity index (χ2v) is 4.78. The normalized spacial score (nSPS) is 12.5. The number of nitrogens with zero attached hydrogens (tertiary/aromatic N) is 1. The maximum Gasteiger partial charge on any atom is 0.143 e. The van der Waals surface area contributed by atoms with Gasteiger partial charge in [-0.2, -0.15) is 0 Å². The van der Waals surface area contributed by atoms with Crippen LogP contribution in [0.5, 0.6) is 0 Å². The van der Waals surface area contributed by atoms with E-state index in [0.29, 0.717) is 11.6 Å². The minimum Gasteiger partial charge on any atom is -0.397 e. The smallest absolute Gasteiger partial charge is 0.143 e. The van der Waals surface area contributed by atoms with Crippen molar-refractivity contribution in [2.45, 2.75) is 27.2 Å². The summed E-state index contributed by atoms with van der Waals surface area (Å²) in [5, 5.41) is 0.122. The molecule has 0 aliphatic carbocycles. The van der Waals surface area contributed by atoms with Gasteiger partial charge in [0.25, 0.3) is 0 Å². The molecule has 1 aromatic rings. The maximum atomic E-state index is 13.2. The van der Waals surface area contributed by atoms with Crippen molar-refractivity contribution in [1.29, 1.82) is 0 Å². The lowest BCUT2D eigenvalue weighted by atomic mass is 10.1. The van der Waals surface area contributed by atoms with Crippen molar-refractivity contribution < 1.29 is 4.39 Å². The fraction of sp³-hybridized carbons (Fsp3) is 0.538.